The van der Waals surface area contributed by atoms with Gasteiger partial charge >= 0.3 is 5.97 Å². The number of ether oxygens (including phenoxy) is 1. The lowest BCUT2D eigenvalue weighted by atomic mass is 9.88. The third-order valence-corrected chi connectivity index (χ3v) is 10.3. The SMILES string of the molecule is C=CCn1c(SCC(=O)Nc2sc3c(c2C(=O)OCC)CC[C@H](C)C3)nc2sc3c(c2c1=O)CCCC3. The first-order valence-electron chi connectivity index (χ1n) is 12.8. The summed E-state index contributed by atoms with van der Waals surface area (Å²) in [6.45, 7) is 8.41. The van der Waals surface area contributed by atoms with Crippen molar-refractivity contribution in [1.82, 2.24) is 9.55 Å². The number of carbonyl (C=O) groups is 2. The number of rotatable bonds is 8. The molecule has 0 radical (unpaired) electrons. The monoisotopic (exact) mass is 557 g/mol. The molecule has 0 bridgehead atoms. The number of fused-ring (bicyclic) bond motifs is 4. The Morgan fingerprint density at radius 3 is 2.81 bits per heavy atom. The molecule has 37 heavy (non-hydrogen) atoms. The van der Waals surface area contributed by atoms with Gasteiger partial charge in [0.1, 0.15) is 9.83 Å². The van der Waals surface area contributed by atoms with Crippen LogP contribution in [0.3, 0.4) is 0 Å². The van der Waals surface area contributed by atoms with Crippen LogP contribution in [0, 0.1) is 5.92 Å². The smallest absolute Gasteiger partial charge is 0.341 e. The largest absolute Gasteiger partial charge is 0.462 e. The standard InChI is InChI=1S/C27H31N3O4S3/c1-4-12-30-25(32)21-16-8-6-7-9-18(16)36-23(21)29-27(30)35-14-20(31)28-24-22(26(33)34-5-2)17-11-10-15(3)13-19(17)37-24/h4,15H,1,5-14H2,2-3H3,(H,28,31)/t15-/m0/s1. The molecule has 0 spiro atoms. The number of allylic oxidation sites excluding steroid dienone is 1. The molecular weight excluding hydrogens is 527 g/mol. The predicted octanol–water partition coefficient (Wildman–Crippen LogP) is 5.62. The first kappa shape index (κ1) is 26.2. The summed E-state index contributed by atoms with van der Waals surface area (Å²) in [5.74, 6) is -0.00871. The van der Waals surface area contributed by atoms with E-state index in [1.807, 2.05) is 0 Å². The van der Waals surface area contributed by atoms with E-state index in [0.717, 1.165) is 71.2 Å². The zero-order valence-electron chi connectivity index (χ0n) is 21.2. The third-order valence-electron chi connectivity index (χ3n) is 6.93. The Labute approximate surface area is 228 Å². The number of thioether (sulfide) groups is 1. The number of esters is 1. The first-order valence-corrected chi connectivity index (χ1v) is 15.4. The molecule has 0 saturated heterocycles. The fourth-order valence-electron chi connectivity index (χ4n) is 5.17. The maximum atomic E-state index is 13.4. The molecule has 3 aromatic heterocycles. The van der Waals surface area contributed by atoms with Crippen LogP contribution in [0.1, 0.15) is 64.3 Å². The quantitative estimate of drug-likeness (QED) is 0.167. The minimum Gasteiger partial charge on any atom is -0.462 e. The number of aryl methyl sites for hydroxylation is 2. The lowest BCUT2D eigenvalue weighted by molar-refractivity contribution is -0.113. The van der Waals surface area contributed by atoms with Gasteiger partial charge in [-0.3, -0.25) is 14.2 Å². The van der Waals surface area contributed by atoms with Crippen molar-refractivity contribution in [1.29, 1.82) is 0 Å². The molecule has 196 valence electrons. The summed E-state index contributed by atoms with van der Waals surface area (Å²) in [4.78, 5) is 47.3. The molecule has 5 rings (SSSR count). The number of nitrogens with zero attached hydrogens (tertiary/aromatic N) is 2. The van der Waals surface area contributed by atoms with E-state index in [-0.39, 0.29) is 29.8 Å². The number of hydrogen-bond donors (Lipinski definition) is 1. The molecular formula is C27H31N3O4S3. The molecule has 2 aliphatic carbocycles. The van der Waals surface area contributed by atoms with Crippen LogP contribution in [-0.4, -0.2) is 33.8 Å². The van der Waals surface area contributed by atoms with Crippen molar-refractivity contribution in [2.75, 3.05) is 17.7 Å². The molecule has 1 N–H and O–H groups in total. The van der Waals surface area contributed by atoms with Gasteiger partial charge < -0.3 is 10.1 Å². The molecule has 2 aliphatic rings. The molecule has 3 heterocycles. The van der Waals surface area contributed by atoms with Gasteiger partial charge in [0.15, 0.2) is 5.16 Å². The summed E-state index contributed by atoms with van der Waals surface area (Å²) in [6, 6.07) is 0. The first-order chi connectivity index (χ1) is 17.9. The fraction of sp³-hybridized carbons (Fsp3) is 0.481. The molecule has 0 aromatic carbocycles. The lowest BCUT2D eigenvalue weighted by Gasteiger charge is -2.18. The van der Waals surface area contributed by atoms with E-state index in [0.29, 0.717) is 28.2 Å². The van der Waals surface area contributed by atoms with E-state index in [2.05, 4.69) is 18.8 Å². The number of amides is 1. The number of carbonyl (C=O) groups excluding carboxylic acids is 2. The van der Waals surface area contributed by atoms with Gasteiger partial charge in [-0.15, -0.1) is 29.3 Å². The highest BCUT2D eigenvalue weighted by Crippen LogP contribution is 2.40. The van der Waals surface area contributed by atoms with Gasteiger partial charge in [0.2, 0.25) is 5.91 Å². The molecule has 0 fully saturated rings. The minimum atomic E-state index is -0.383. The Hall–Kier alpha value is -2.43. The Morgan fingerprint density at radius 2 is 2.03 bits per heavy atom. The summed E-state index contributed by atoms with van der Waals surface area (Å²) in [7, 11) is 0. The Balaban J connectivity index is 1.39. The van der Waals surface area contributed by atoms with E-state index < -0.39 is 0 Å². The number of hydrogen-bond acceptors (Lipinski definition) is 8. The van der Waals surface area contributed by atoms with E-state index in [1.165, 1.54) is 28.0 Å². The molecule has 0 aliphatic heterocycles. The highest BCUT2D eigenvalue weighted by Gasteiger charge is 2.29. The van der Waals surface area contributed by atoms with Crippen molar-refractivity contribution >= 4 is 61.5 Å². The van der Waals surface area contributed by atoms with Crippen LogP contribution in [0.15, 0.2) is 22.6 Å². The van der Waals surface area contributed by atoms with E-state index in [4.69, 9.17) is 9.72 Å². The topological polar surface area (TPSA) is 90.3 Å². The van der Waals surface area contributed by atoms with Crippen molar-refractivity contribution in [3.63, 3.8) is 0 Å². The summed E-state index contributed by atoms with van der Waals surface area (Å²) >= 11 is 4.32. The highest BCUT2D eigenvalue weighted by molar-refractivity contribution is 7.99. The van der Waals surface area contributed by atoms with Crippen LogP contribution in [0.5, 0.6) is 0 Å². The molecule has 1 atom stereocenters. The second-order valence-electron chi connectivity index (χ2n) is 9.60. The van der Waals surface area contributed by atoms with Gasteiger partial charge in [0.05, 0.1) is 23.3 Å². The minimum absolute atomic E-state index is 0.0585. The molecule has 1 amide bonds. The Bertz CT molecular complexity index is 1430. The van der Waals surface area contributed by atoms with Crippen molar-refractivity contribution in [2.24, 2.45) is 5.92 Å². The van der Waals surface area contributed by atoms with E-state index >= 15 is 0 Å². The van der Waals surface area contributed by atoms with Crippen molar-refractivity contribution in [3.05, 3.63) is 49.5 Å². The van der Waals surface area contributed by atoms with Gasteiger partial charge in [0.25, 0.3) is 5.56 Å². The number of thiophene rings is 2. The van der Waals surface area contributed by atoms with Crippen LogP contribution in [0.4, 0.5) is 5.00 Å². The second-order valence-corrected chi connectivity index (χ2v) is 12.7. The average molecular weight is 558 g/mol. The van der Waals surface area contributed by atoms with Gasteiger partial charge in [-0.2, -0.15) is 0 Å². The van der Waals surface area contributed by atoms with Crippen molar-refractivity contribution < 1.29 is 14.3 Å². The number of aromatic nitrogens is 2. The van der Waals surface area contributed by atoms with Gasteiger partial charge in [0, 0.05) is 16.3 Å². The Kier molecular flexibility index (Phi) is 7.88. The molecule has 7 nitrogen and oxygen atoms in total. The van der Waals surface area contributed by atoms with Crippen molar-refractivity contribution in [3.8, 4) is 0 Å². The number of anilines is 1. The Morgan fingerprint density at radius 1 is 1.22 bits per heavy atom. The van der Waals surface area contributed by atoms with Gasteiger partial charge in [-0.05, 0) is 68.9 Å². The summed E-state index contributed by atoms with van der Waals surface area (Å²) < 4.78 is 6.93. The zero-order valence-corrected chi connectivity index (χ0v) is 23.6. The molecule has 0 unspecified atom stereocenters. The maximum absolute atomic E-state index is 13.4. The summed E-state index contributed by atoms with van der Waals surface area (Å²) in [5.41, 5.74) is 2.60. The van der Waals surface area contributed by atoms with Crippen LogP contribution in [0.25, 0.3) is 10.2 Å². The second kappa shape index (κ2) is 11.1. The van der Waals surface area contributed by atoms with Crippen LogP contribution >= 0.6 is 34.4 Å². The maximum Gasteiger partial charge on any atom is 0.341 e. The highest BCUT2D eigenvalue weighted by atomic mass is 32.2. The zero-order chi connectivity index (χ0) is 26.1. The van der Waals surface area contributed by atoms with E-state index in [1.54, 1.807) is 28.9 Å². The van der Waals surface area contributed by atoms with Crippen LogP contribution in [0.2, 0.25) is 0 Å². The van der Waals surface area contributed by atoms with Crippen LogP contribution < -0.4 is 10.9 Å². The summed E-state index contributed by atoms with van der Waals surface area (Å²) in [5, 5.41) is 4.76. The number of nitrogens with one attached hydrogen (secondary N) is 1. The normalized spacial score (nSPS) is 16.8. The fourth-order valence-corrected chi connectivity index (χ4v) is 8.70. The van der Waals surface area contributed by atoms with E-state index in [9.17, 15) is 14.4 Å². The molecule has 3 aromatic rings. The van der Waals surface area contributed by atoms with Gasteiger partial charge in [-0.1, -0.05) is 24.8 Å². The molecule has 10 heteroatoms. The average Bonchev–Trinajstić information content (AvgIpc) is 3.42. The molecule has 0 saturated carbocycles. The van der Waals surface area contributed by atoms with Crippen molar-refractivity contribution in [2.45, 2.75) is 70.5 Å². The predicted molar refractivity (Wildman–Crippen MR) is 152 cm³/mol. The van der Waals surface area contributed by atoms with Gasteiger partial charge in [-0.25, -0.2) is 9.78 Å². The van der Waals surface area contributed by atoms with Crippen LogP contribution in [-0.2, 0) is 41.8 Å². The lowest BCUT2D eigenvalue weighted by Crippen LogP contribution is -2.24. The third kappa shape index (κ3) is 5.15. The summed E-state index contributed by atoms with van der Waals surface area (Å²) in [6.07, 6.45) is 8.56.